The molecule has 144 valence electrons. The Bertz CT molecular complexity index is 1120. The predicted octanol–water partition coefficient (Wildman–Crippen LogP) is 6.03. The van der Waals surface area contributed by atoms with Gasteiger partial charge in [-0.15, -0.1) is 0 Å². The molecule has 0 saturated carbocycles. The highest BCUT2D eigenvalue weighted by Crippen LogP contribution is 2.24. The summed E-state index contributed by atoms with van der Waals surface area (Å²) in [5, 5.41) is 0.476. The van der Waals surface area contributed by atoms with Gasteiger partial charge in [-0.3, -0.25) is 0 Å². The number of esters is 1. The first kappa shape index (κ1) is 19.4. The number of benzene rings is 3. The number of rotatable bonds is 5. The molecule has 0 amide bonds. The number of cyclic esters (lactones) is 1. The van der Waals surface area contributed by atoms with Gasteiger partial charge in [0.1, 0.15) is 12.4 Å². The number of carbonyl (C=O) groups excluding carboxylic acids is 1. The first-order chi connectivity index (χ1) is 14.1. The zero-order chi connectivity index (χ0) is 20.2. The van der Waals surface area contributed by atoms with Gasteiger partial charge in [-0.2, -0.15) is 0 Å². The average Bonchev–Trinajstić information content (AvgIpc) is 3.08. The summed E-state index contributed by atoms with van der Waals surface area (Å²) in [7, 11) is 0. The molecule has 0 atom stereocenters. The molecule has 4 nitrogen and oxygen atoms in total. The SMILES string of the molecule is O=C1OC(c2ccccc2Cl)=N/C1=C\c1cccc(OCc2ccc(Br)cc2)c1. The Labute approximate surface area is 181 Å². The van der Waals surface area contributed by atoms with Crippen molar-refractivity contribution in [3.8, 4) is 5.75 Å². The molecule has 3 aromatic rings. The van der Waals surface area contributed by atoms with Crippen molar-refractivity contribution in [1.82, 2.24) is 0 Å². The Balaban J connectivity index is 1.52. The lowest BCUT2D eigenvalue weighted by molar-refractivity contribution is -0.129. The number of aliphatic imine (C=N–C) groups is 1. The van der Waals surface area contributed by atoms with Gasteiger partial charge in [0.15, 0.2) is 5.70 Å². The van der Waals surface area contributed by atoms with Crippen LogP contribution < -0.4 is 4.74 Å². The van der Waals surface area contributed by atoms with Gasteiger partial charge in [0.2, 0.25) is 5.90 Å². The van der Waals surface area contributed by atoms with Crippen molar-refractivity contribution < 1.29 is 14.3 Å². The predicted molar refractivity (Wildman–Crippen MR) is 117 cm³/mol. The molecule has 29 heavy (non-hydrogen) atoms. The van der Waals surface area contributed by atoms with E-state index in [1.165, 1.54) is 0 Å². The van der Waals surface area contributed by atoms with Crippen molar-refractivity contribution in [1.29, 1.82) is 0 Å². The monoisotopic (exact) mass is 467 g/mol. The van der Waals surface area contributed by atoms with E-state index in [1.54, 1.807) is 24.3 Å². The molecule has 0 aromatic heterocycles. The number of ether oxygens (including phenoxy) is 2. The van der Waals surface area contributed by atoms with Gasteiger partial charge < -0.3 is 9.47 Å². The molecule has 0 saturated heterocycles. The van der Waals surface area contributed by atoms with E-state index in [1.807, 2.05) is 54.6 Å². The summed E-state index contributed by atoms with van der Waals surface area (Å²) in [6, 6.07) is 22.5. The molecule has 3 aromatic carbocycles. The molecule has 1 aliphatic rings. The second-order valence-corrected chi connectivity index (χ2v) is 7.63. The van der Waals surface area contributed by atoms with E-state index >= 15 is 0 Å². The maximum atomic E-state index is 12.2. The first-order valence-corrected chi connectivity index (χ1v) is 10.0. The van der Waals surface area contributed by atoms with Gasteiger partial charge in [0.25, 0.3) is 0 Å². The van der Waals surface area contributed by atoms with Crippen LogP contribution in [0.15, 0.2) is 88.0 Å². The molecule has 0 spiro atoms. The molecule has 0 aliphatic carbocycles. The third-order valence-electron chi connectivity index (χ3n) is 4.21. The number of hydrogen-bond donors (Lipinski definition) is 0. The first-order valence-electron chi connectivity index (χ1n) is 8.83. The van der Waals surface area contributed by atoms with E-state index in [4.69, 9.17) is 21.1 Å². The molecule has 1 heterocycles. The Morgan fingerprint density at radius 1 is 1.03 bits per heavy atom. The normalized spacial score (nSPS) is 14.6. The van der Waals surface area contributed by atoms with Crippen LogP contribution in [0.1, 0.15) is 16.7 Å². The molecule has 4 rings (SSSR count). The molecule has 6 heteroatoms. The lowest BCUT2D eigenvalue weighted by Crippen LogP contribution is -2.05. The summed E-state index contributed by atoms with van der Waals surface area (Å²) in [5.74, 6) is 0.388. The van der Waals surface area contributed by atoms with Gasteiger partial charge in [-0.25, -0.2) is 9.79 Å². The fraction of sp³-hybridized carbons (Fsp3) is 0.0435. The topological polar surface area (TPSA) is 47.9 Å². The van der Waals surface area contributed by atoms with Crippen molar-refractivity contribution in [2.24, 2.45) is 4.99 Å². The van der Waals surface area contributed by atoms with E-state index < -0.39 is 5.97 Å². The lowest BCUT2D eigenvalue weighted by Gasteiger charge is -2.07. The fourth-order valence-corrected chi connectivity index (χ4v) is 3.24. The number of nitrogens with zero attached hydrogens (tertiary/aromatic N) is 1. The molecule has 1 aliphatic heterocycles. The van der Waals surface area contributed by atoms with Crippen molar-refractivity contribution in [3.05, 3.63) is 105 Å². The lowest BCUT2D eigenvalue weighted by atomic mass is 10.2. The van der Waals surface area contributed by atoms with E-state index in [0.717, 1.165) is 15.6 Å². The van der Waals surface area contributed by atoms with Gasteiger partial charge in [-0.1, -0.05) is 63.9 Å². The Kier molecular flexibility index (Phi) is 5.79. The van der Waals surface area contributed by atoms with Crippen LogP contribution in [0.3, 0.4) is 0 Å². The smallest absolute Gasteiger partial charge is 0.363 e. The highest BCUT2D eigenvalue weighted by molar-refractivity contribution is 9.10. The molecule has 0 fully saturated rings. The summed E-state index contributed by atoms with van der Waals surface area (Å²) in [6.07, 6.45) is 1.67. The van der Waals surface area contributed by atoms with Crippen molar-refractivity contribution in [2.75, 3.05) is 0 Å². The molecular weight excluding hydrogens is 454 g/mol. The maximum Gasteiger partial charge on any atom is 0.363 e. The van der Waals surface area contributed by atoms with Crippen molar-refractivity contribution >= 4 is 45.5 Å². The van der Waals surface area contributed by atoms with Crippen LogP contribution in [0.25, 0.3) is 6.08 Å². The van der Waals surface area contributed by atoms with E-state index in [2.05, 4.69) is 20.9 Å². The second kappa shape index (κ2) is 8.64. The summed E-state index contributed by atoms with van der Waals surface area (Å²) in [4.78, 5) is 16.5. The molecular formula is C23H15BrClNO3. The van der Waals surface area contributed by atoms with Gasteiger partial charge >= 0.3 is 5.97 Å². The molecule has 0 radical (unpaired) electrons. The van der Waals surface area contributed by atoms with Crippen LogP contribution in [0.4, 0.5) is 0 Å². The zero-order valence-electron chi connectivity index (χ0n) is 15.1. The quantitative estimate of drug-likeness (QED) is 0.339. The van der Waals surface area contributed by atoms with Crippen LogP contribution in [0.5, 0.6) is 5.75 Å². The minimum atomic E-state index is -0.513. The Morgan fingerprint density at radius 2 is 1.83 bits per heavy atom. The summed E-state index contributed by atoms with van der Waals surface area (Å²) >= 11 is 9.58. The van der Waals surface area contributed by atoms with Crippen LogP contribution >= 0.6 is 27.5 Å². The second-order valence-electron chi connectivity index (χ2n) is 6.30. The van der Waals surface area contributed by atoms with Crippen LogP contribution in [-0.2, 0) is 16.1 Å². The van der Waals surface area contributed by atoms with Gasteiger partial charge in [-0.05, 0) is 53.6 Å². The number of hydrogen-bond acceptors (Lipinski definition) is 4. The van der Waals surface area contributed by atoms with Crippen LogP contribution in [-0.4, -0.2) is 11.9 Å². The highest BCUT2D eigenvalue weighted by atomic mass is 79.9. The van der Waals surface area contributed by atoms with Crippen LogP contribution in [0.2, 0.25) is 5.02 Å². The fourth-order valence-electron chi connectivity index (χ4n) is 2.76. The van der Waals surface area contributed by atoms with Crippen molar-refractivity contribution in [3.63, 3.8) is 0 Å². The molecule has 0 bridgehead atoms. The third kappa shape index (κ3) is 4.75. The maximum absolute atomic E-state index is 12.2. The largest absolute Gasteiger partial charge is 0.489 e. The van der Waals surface area contributed by atoms with Gasteiger partial charge in [0.05, 0.1) is 10.6 Å². The summed E-state index contributed by atoms with van der Waals surface area (Å²) in [6.45, 7) is 0.449. The highest BCUT2D eigenvalue weighted by Gasteiger charge is 2.25. The number of halogens is 2. The van der Waals surface area contributed by atoms with Crippen LogP contribution in [0, 0.1) is 0 Å². The van der Waals surface area contributed by atoms with Gasteiger partial charge in [0, 0.05) is 4.47 Å². The number of carbonyl (C=O) groups is 1. The van der Waals surface area contributed by atoms with E-state index in [0.29, 0.717) is 22.9 Å². The minimum absolute atomic E-state index is 0.203. The molecule has 0 N–H and O–H groups in total. The average molecular weight is 469 g/mol. The van der Waals surface area contributed by atoms with E-state index in [-0.39, 0.29) is 11.6 Å². The Hall–Kier alpha value is -2.89. The standard InChI is InChI=1S/C23H15BrClNO3/c24-17-10-8-15(9-11-17)14-28-18-5-3-4-16(12-18)13-21-23(27)29-22(26-21)19-6-1-2-7-20(19)25/h1-13H,14H2/b21-13-. The minimum Gasteiger partial charge on any atom is -0.489 e. The summed E-state index contributed by atoms with van der Waals surface area (Å²) in [5.41, 5.74) is 2.64. The molecule has 0 unspecified atom stereocenters. The summed E-state index contributed by atoms with van der Waals surface area (Å²) < 4.78 is 12.2. The zero-order valence-corrected chi connectivity index (χ0v) is 17.5. The third-order valence-corrected chi connectivity index (χ3v) is 5.06. The van der Waals surface area contributed by atoms with E-state index in [9.17, 15) is 4.79 Å². The Morgan fingerprint density at radius 3 is 2.62 bits per heavy atom. The van der Waals surface area contributed by atoms with Crippen molar-refractivity contribution in [2.45, 2.75) is 6.61 Å².